The standard InChI is InChI=1S/C14H21N3O2/c1-16(2)8-11-9-17(10-11)14(18)15-12-4-6-13(19-3)7-5-12/h4-7,11H,8-10H2,1-3H3,(H,15,18). The van der Waals surface area contributed by atoms with Crippen LogP contribution in [0.2, 0.25) is 0 Å². The average Bonchev–Trinajstić information content (AvgIpc) is 2.33. The van der Waals surface area contributed by atoms with Crippen LogP contribution in [0.5, 0.6) is 5.75 Å². The molecule has 1 aliphatic heterocycles. The van der Waals surface area contributed by atoms with Crippen LogP contribution in [0.4, 0.5) is 10.5 Å². The summed E-state index contributed by atoms with van der Waals surface area (Å²) < 4.78 is 5.08. The van der Waals surface area contributed by atoms with E-state index in [9.17, 15) is 4.79 Å². The van der Waals surface area contributed by atoms with Crippen molar-refractivity contribution in [2.75, 3.05) is 46.2 Å². The largest absolute Gasteiger partial charge is 0.497 e. The van der Waals surface area contributed by atoms with Crippen molar-refractivity contribution < 1.29 is 9.53 Å². The number of anilines is 1. The third-order valence-electron chi connectivity index (χ3n) is 3.21. The summed E-state index contributed by atoms with van der Waals surface area (Å²) in [5, 5.41) is 2.89. The number of hydrogen-bond donors (Lipinski definition) is 1. The van der Waals surface area contributed by atoms with Gasteiger partial charge < -0.3 is 19.9 Å². The number of methoxy groups -OCH3 is 1. The van der Waals surface area contributed by atoms with E-state index >= 15 is 0 Å². The van der Waals surface area contributed by atoms with Crippen molar-refractivity contribution in [1.82, 2.24) is 9.80 Å². The quantitative estimate of drug-likeness (QED) is 0.899. The summed E-state index contributed by atoms with van der Waals surface area (Å²) >= 11 is 0. The van der Waals surface area contributed by atoms with Gasteiger partial charge in [0.2, 0.25) is 0 Å². The minimum atomic E-state index is -0.0276. The first-order chi connectivity index (χ1) is 9.08. The number of urea groups is 1. The van der Waals surface area contributed by atoms with Gasteiger partial charge >= 0.3 is 6.03 Å². The number of carbonyl (C=O) groups excluding carboxylic acids is 1. The topological polar surface area (TPSA) is 44.8 Å². The summed E-state index contributed by atoms with van der Waals surface area (Å²) in [6.07, 6.45) is 0. The summed E-state index contributed by atoms with van der Waals surface area (Å²) in [7, 11) is 5.73. The van der Waals surface area contributed by atoms with Crippen LogP contribution >= 0.6 is 0 Å². The molecule has 0 aromatic heterocycles. The van der Waals surface area contributed by atoms with E-state index < -0.39 is 0 Å². The normalized spacial score (nSPS) is 15.3. The molecule has 2 rings (SSSR count). The van der Waals surface area contributed by atoms with Gasteiger partial charge in [0.1, 0.15) is 5.75 Å². The minimum absolute atomic E-state index is 0.0276. The fourth-order valence-electron chi connectivity index (χ4n) is 2.24. The number of carbonyl (C=O) groups is 1. The fourth-order valence-corrected chi connectivity index (χ4v) is 2.24. The Hall–Kier alpha value is -1.75. The first kappa shape index (κ1) is 13.7. The van der Waals surface area contributed by atoms with Gasteiger partial charge in [0, 0.05) is 31.2 Å². The molecule has 5 nitrogen and oxygen atoms in total. The molecule has 1 aromatic carbocycles. The molecule has 19 heavy (non-hydrogen) atoms. The number of amides is 2. The summed E-state index contributed by atoms with van der Waals surface area (Å²) in [4.78, 5) is 15.9. The lowest BCUT2D eigenvalue weighted by atomic mass is 10.0. The van der Waals surface area contributed by atoms with Crippen molar-refractivity contribution in [2.24, 2.45) is 5.92 Å². The Kier molecular flexibility index (Phi) is 4.27. The number of likely N-dealkylation sites (tertiary alicyclic amines) is 1. The first-order valence-corrected chi connectivity index (χ1v) is 6.43. The van der Waals surface area contributed by atoms with Crippen LogP contribution < -0.4 is 10.1 Å². The molecular weight excluding hydrogens is 242 g/mol. The lowest BCUT2D eigenvalue weighted by Gasteiger charge is -2.40. The molecule has 1 aromatic rings. The number of rotatable bonds is 4. The second-order valence-electron chi connectivity index (χ2n) is 5.19. The molecule has 0 radical (unpaired) electrons. The Balaban J connectivity index is 1.79. The highest BCUT2D eigenvalue weighted by molar-refractivity contribution is 5.89. The molecule has 1 N–H and O–H groups in total. The highest BCUT2D eigenvalue weighted by Crippen LogP contribution is 2.19. The van der Waals surface area contributed by atoms with Gasteiger partial charge in [0.15, 0.2) is 0 Å². The Morgan fingerprint density at radius 3 is 2.53 bits per heavy atom. The molecule has 0 aliphatic carbocycles. The molecule has 0 bridgehead atoms. The number of benzene rings is 1. The molecule has 1 aliphatic rings. The summed E-state index contributed by atoms with van der Waals surface area (Å²) in [5.41, 5.74) is 0.793. The maximum atomic E-state index is 12.0. The van der Waals surface area contributed by atoms with E-state index in [1.54, 1.807) is 7.11 Å². The zero-order valence-electron chi connectivity index (χ0n) is 11.7. The van der Waals surface area contributed by atoms with Gasteiger partial charge in [-0.1, -0.05) is 0 Å². The molecule has 1 heterocycles. The van der Waals surface area contributed by atoms with E-state index in [-0.39, 0.29) is 6.03 Å². The van der Waals surface area contributed by atoms with Gasteiger partial charge in [-0.05, 0) is 38.4 Å². The average molecular weight is 263 g/mol. The molecule has 0 spiro atoms. The second kappa shape index (κ2) is 5.93. The van der Waals surface area contributed by atoms with Crippen molar-refractivity contribution in [2.45, 2.75) is 0 Å². The molecule has 5 heteroatoms. The van der Waals surface area contributed by atoms with Crippen LogP contribution in [-0.2, 0) is 0 Å². The van der Waals surface area contributed by atoms with E-state index in [4.69, 9.17) is 4.74 Å². The monoisotopic (exact) mass is 263 g/mol. The zero-order valence-corrected chi connectivity index (χ0v) is 11.7. The lowest BCUT2D eigenvalue weighted by Crippen LogP contribution is -2.54. The third kappa shape index (κ3) is 3.61. The SMILES string of the molecule is COc1ccc(NC(=O)N2CC(CN(C)C)C2)cc1. The van der Waals surface area contributed by atoms with Crippen LogP contribution in [0.3, 0.4) is 0 Å². The molecular formula is C14H21N3O2. The van der Waals surface area contributed by atoms with Crippen molar-refractivity contribution in [3.05, 3.63) is 24.3 Å². The van der Waals surface area contributed by atoms with Crippen molar-refractivity contribution >= 4 is 11.7 Å². The molecule has 0 unspecified atom stereocenters. The van der Waals surface area contributed by atoms with Gasteiger partial charge in [0.05, 0.1) is 7.11 Å². The van der Waals surface area contributed by atoms with Gasteiger partial charge in [-0.2, -0.15) is 0 Å². The predicted molar refractivity (Wildman–Crippen MR) is 75.6 cm³/mol. The summed E-state index contributed by atoms with van der Waals surface area (Å²) in [6, 6.07) is 7.32. The molecule has 2 amide bonds. The Labute approximate surface area is 114 Å². The van der Waals surface area contributed by atoms with Gasteiger partial charge in [-0.3, -0.25) is 0 Å². The number of nitrogens with one attached hydrogen (secondary N) is 1. The van der Waals surface area contributed by atoms with Crippen LogP contribution in [-0.4, -0.2) is 56.7 Å². The van der Waals surface area contributed by atoms with Crippen molar-refractivity contribution in [3.63, 3.8) is 0 Å². The van der Waals surface area contributed by atoms with E-state index in [2.05, 4.69) is 24.3 Å². The first-order valence-electron chi connectivity index (χ1n) is 6.43. The fraction of sp³-hybridized carbons (Fsp3) is 0.500. The highest BCUT2D eigenvalue weighted by Gasteiger charge is 2.30. The molecule has 0 saturated carbocycles. The van der Waals surface area contributed by atoms with E-state index in [0.717, 1.165) is 31.1 Å². The van der Waals surface area contributed by atoms with Gasteiger partial charge in [-0.15, -0.1) is 0 Å². The molecule has 1 fully saturated rings. The maximum absolute atomic E-state index is 12.0. The molecule has 104 valence electrons. The minimum Gasteiger partial charge on any atom is -0.497 e. The third-order valence-corrected chi connectivity index (χ3v) is 3.21. The van der Waals surface area contributed by atoms with E-state index in [0.29, 0.717) is 5.92 Å². The summed E-state index contributed by atoms with van der Waals surface area (Å²) in [5.74, 6) is 1.38. The lowest BCUT2D eigenvalue weighted by molar-refractivity contribution is 0.111. The number of ether oxygens (including phenoxy) is 1. The highest BCUT2D eigenvalue weighted by atomic mass is 16.5. The maximum Gasteiger partial charge on any atom is 0.321 e. The van der Waals surface area contributed by atoms with Gasteiger partial charge in [0.25, 0.3) is 0 Å². The van der Waals surface area contributed by atoms with Crippen molar-refractivity contribution in [1.29, 1.82) is 0 Å². The smallest absolute Gasteiger partial charge is 0.321 e. The Morgan fingerprint density at radius 1 is 1.37 bits per heavy atom. The predicted octanol–water partition coefficient (Wildman–Crippen LogP) is 1.72. The van der Waals surface area contributed by atoms with E-state index in [1.165, 1.54) is 0 Å². The molecule has 1 saturated heterocycles. The number of nitrogens with zero attached hydrogens (tertiary/aromatic N) is 2. The Bertz CT molecular complexity index is 425. The Morgan fingerprint density at radius 2 is 2.00 bits per heavy atom. The number of hydrogen-bond acceptors (Lipinski definition) is 3. The molecule has 0 atom stereocenters. The van der Waals surface area contributed by atoms with Crippen LogP contribution in [0.25, 0.3) is 0 Å². The zero-order chi connectivity index (χ0) is 13.8. The van der Waals surface area contributed by atoms with Crippen LogP contribution in [0.15, 0.2) is 24.3 Å². The van der Waals surface area contributed by atoms with Gasteiger partial charge in [-0.25, -0.2) is 4.79 Å². The van der Waals surface area contributed by atoms with E-state index in [1.807, 2.05) is 29.2 Å². The second-order valence-corrected chi connectivity index (χ2v) is 5.19. The van der Waals surface area contributed by atoms with Crippen LogP contribution in [0.1, 0.15) is 0 Å². The van der Waals surface area contributed by atoms with Crippen LogP contribution in [0, 0.1) is 5.92 Å². The summed E-state index contributed by atoms with van der Waals surface area (Å²) in [6.45, 7) is 2.70. The van der Waals surface area contributed by atoms with Crippen molar-refractivity contribution in [3.8, 4) is 5.75 Å².